The number of ether oxygens (including phenoxy) is 7. The summed E-state index contributed by atoms with van der Waals surface area (Å²) in [5.74, 6) is -2.08. The molecular weight excluding hydrogens is 708 g/mol. The van der Waals surface area contributed by atoms with Gasteiger partial charge in [0.15, 0.2) is 0 Å². The van der Waals surface area contributed by atoms with Gasteiger partial charge in [-0.3, -0.25) is 0 Å². The van der Waals surface area contributed by atoms with Crippen LogP contribution in [0.15, 0.2) is 72.8 Å². The van der Waals surface area contributed by atoms with Crippen molar-refractivity contribution in [3.05, 3.63) is 123 Å². The van der Waals surface area contributed by atoms with Crippen molar-refractivity contribution >= 4 is 11.9 Å². The molecule has 0 aliphatic heterocycles. The predicted molar refractivity (Wildman–Crippen MR) is 205 cm³/mol. The number of rotatable bonds is 24. The number of methoxy groups -OCH3 is 1. The maximum absolute atomic E-state index is 12.9. The van der Waals surface area contributed by atoms with Gasteiger partial charge >= 0.3 is 11.9 Å². The van der Waals surface area contributed by atoms with Crippen molar-refractivity contribution in [1.29, 1.82) is 0 Å². The van der Waals surface area contributed by atoms with Crippen LogP contribution in [0, 0.1) is 13.8 Å². The maximum Gasteiger partial charge on any atom is 0.339 e. The molecule has 0 saturated heterocycles. The van der Waals surface area contributed by atoms with Crippen molar-refractivity contribution in [3.8, 4) is 16.9 Å². The molecule has 12 nitrogen and oxygen atoms in total. The molecule has 0 amide bonds. The van der Waals surface area contributed by atoms with E-state index in [1.807, 2.05) is 38.1 Å². The fourth-order valence-electron chi connectivity index (χ4n) is 6.89. The fourth-order valence-corrected chi connectivity index (χ4v) is 6.89. The van der Waals surface area contributed by atoms with Crippen LogP contribution in [0.25, 0.3) is 11.1 Å². The molecule has 3 N–H and O–H groups in total. The van der Waals surface area contributed by atoms with Gasteiger partial charge in [0.2, 0.25) is 0 Å². The lowest BCUT2D eigenvalue weighted by molar-refractivity contribution is 0.00435. The summed E-state index contributed by atoms with van der Waals surface area (Å²) < 4.78 is 38.4. The van der Waals surface area contributed by atoms with Crippen molar-refractivity contribution in [2.45, 2.75) is 25.9 Å². The van der Waals surface area contributed by atoms with Crippen molar-refractivity contribution < 1.29 is 58.1 Å². The van der Waals surface area contributed by atoms with E-state index in [1.54, 1.807) is 31.4 Å². The average molecular weight is 759 g/mol. The van der Waals surface area contributed by atoms with Gasteiger partial charge in [0.05, 0.1) is 90.3 Å². The molecule has 12 heteroatoms. The Morgan fingerprint density at radius 1 is 0.564 bits per heavy atom. The molecule has 5 rings (SSSR count). The summed E-state index contributed by atoms with van der Waals surface area (Å²) in [5, 5.41) is 29.8. The second-order valence-corrected chi connectivity index (χ2v) is 13.1. The van der Waals surface area contributed by atoms with Gasteiger partial charge in [-0.1, -0.05) is 65.7 Å². The summed E-state index contributed by atoms with van der Waals surface area (Å²) >= 11 is 0. The van der Waals surface area contributed by atoms with Crippen LogP contribution < -0.4 is 4.74 Å². The number of hydrogen-bond donors (Lipinski definition) is 3. The number of aliphatic hydroxyl groups is 1. The third-order valence-corrected chi connectivity index (χ3v) is 9.39. The minimum absolute atomic E-state index is 0.0271. The summed E-state index contributed by atoms with van der Waals surface area (Å²) in [6, 6.07) is 22.9. The molecule has 0 spiro atoms. The normalized spacial score (nSPS) is 12.7. The Balaban J connectivity index is 1.50. The molecule has 1 aliphatic rings. The first-order chi connectivity index (χ1) is 26.7. The van der Waals surface area contributed by atoms with Gasteiger partial charge in [-0.2, -0.15) is 0 Å². The van der Waals surface area contributed by atoms with Crippen molar-refractivity contribution in [1.82, 2.24) is 0 Å². The Hall–Kier alpha value is -4.66. The molecule has 4 aromatic rings. The van der Waals surface area contributed by atoms with Crippen molar-refractivity contribution in [3.63, 3.8) is 0 Å². The van der Waals surface area contributed by atoms with Gasteiger partial charge < -0.3 is 48.5 Å². The van der Waals surface area contributed by atoms with Gasteiger partial charge in [-0.05, 0) is 71.0 Å². The van der Waals surface area contributed by atoms with Crippen LogP contribution >= 0.6 is 0 Å². The summed E-state index contributed by atoms with van der Waals surface area (Å²) in [5.41, 5.74) is 6.57. The van der Waals surface area contributed by atoms with Gasteiger partial charge in [0, 0.05) is 7.11 Å². The number of aryl methyl sites for hydroxylation is 2. The lowest BCUT2D eigenvalue weighted by Gasteiger charge is -2.35. The molecule has 0 radical (unpaired) electrons. The number of fused-ring (bicyclic) bond motifs is 3. The van der Waals surface area contributed by atoms with E-state index in [9.17, 15) is 19.8 Å². The third-order valence-electron chi connectivity index (χ3n) is 9.39. The number of benzene rings is 4. The summed E-state index contributed by atoms with van der Waals surface area (Å²) in [6.45, 7) is 7.56. The average Bonchev–Trinajstić information content (AvgIpc) is 3.45. The molecule has 0 atom stereocenters. The second kappa shape index (κ2) is 20.3. The summed E-state index contributed by atoms with van der Waals surface area (Å²) in [7, 11) is 1.61. The number of carboxylic acid groups (broad SMARTS) is 2. The van der Waals surface area contributed by atoms with Crippen LogP contribution in [0.4, 0.5) is 0 Å². The topological polar surface area (TPSA) is 159 Å². The Kier molecular flexibility index (Phi) is 15.3. The van der Waals surface area contributed by atoms with Crippen molar-refractivity contribution in [2.75, 3.05) is 86.4 Å². The molecule has 1 aliphatic carbocycles. The first-order valence-electron chi connectivity index (χ1n) is 18.3. The number of carboxylic acids is 2. The zero-order chi connectivity index (χ0) is 39.2. The Labute approximate surface area is 321 Å². The first-order valence-corrected chi connectivity index (χ1v) is 18.3. The lowest BCUT2D eigenvalue weighted by atomic mass is 9.66. The third kappa shape index (κ3) is 9.96. The standard InChI is InChI=1S/C43H50O12/c1-29-4-9-34-35-10-5-30(2)25-39(35)43(38(34)24-29,32-7-6-31(36(26-32)41(45)46)28-54-21-20-52-17-16-50-13-12-44)33-8-11-40(37(27-33)42(47)48)55-23-22-53-19-18-51-15-14-49-3/h4-11,24-27,44H,12-23,28H2,1-3H3,(H,45,46)(H,47,48). The molecule has 294 valence electrons. The van der Waals surface area contributed by atoms with Gasteiger partial charge in [-0.25, -0.2) is 9.59 Å². The van der Waals surface area contributed by atoms with E-state index in [0.29, 0.717) is 62.9 Å². The van der Waals surface area contributed by atoms with E-state index in [0.717, 1.165) is 33.4 Å². The van der Waals surface area contributed by atoms with Gasteiger partial charge in [-0.15, -0.1) is 0 Å². The zero-order valence-electron chi connectivity index (χ0n) is 31.6. The number of carbonyl (C=O) groups is 2. The number of hydrogen-bond acceptors (Lipinski definition) is 10. The molecule has 0 saturated carbocycles. The Bertz CT molecular complexity index is 1770. The van der Waals surface area contributed by atoms with E-state index in [2.05, 4.69) is 24.3 Å². The first kappa shape index (κ1) is 41.5. The van der Waals surface area contributed by atoms with Gasteiger partial charge in [0.25, 0.3) is 0 Å². The molecule has 0 bridgehead atoms. The second-order valence-electron chi connectivity index (χ2n) is 13.1. The molecule has 0 unspecified atom stereocenters. The SMILES string of the molecule is COCCOCCOCCOc1ccc(C2(c3ccc(COCCOCCOCCO)c(C(=O)O)c3)c3cc(C)ccc3-c3ccc(C)cc32)cc1C(=O)O. The van der Waals surface area contributed by atoms with E-state index in [1.165, 1.54) is 0 Å². The maximum atomic E-state index is 12.9. The number of aromatic carboxylic acids is 2. The highest BCUT2D eigenvalue weighted by atomic mass is 16.6. The highest BCUT2D eigenvalue weighted by Gasteiger charge is 2.47. The molecule has 4 aromatic carbocycles. The Morgan fingerprint density at radius 2 is 1.05 bits per heavy atom. The van der Waals surface area contributed by atoms with Crippen LogP contribution in [0.5, 0.6) is 5.75 Å². The van der Waals surface area contributed by atoms with Crippen LogP contribution in [0.2, 0.25) is 0 Å². The zero-order valence-corrected chi connectivity index (χ0v) is 31.6. The highest BCUT2D eigenvalue weighted by Crippen LogP contribution is 2.57. The molecular formula is C43H50O12. The fraction of sp³-hybridized carbons (Fsp3) is 0.395. The summed E-state index contributed by atoms with van der Waals surface area (Å²) in [4.78, 5) is 25.7. The van der Waals surface area contributed by atoms with E-state index in [-0.39, 0.29) is 56.5 Å². The smallest absolute Gasteiger partial charge is 0.339 e. The quantitative estimate of drug-likeness (QED) is 0.0664. The minimum atomic E-state index is -1.16. The van der Waals surface area contributed by atoms with E-state index in [4.69, 9.17) is 38.3 Å². The van der Waals surface area contributed by atoms with Gasteiger partial charge in [0.1, 0.15) is 17.9 Å². The van der Waals surface area contributed by atoms with E-state index < -0.39 is 17.4 Å². The van der Waals surface area contributed by atoms with Crippen LogP contribution in [0.1, 0.15) is 59.7 Å². The van der Waals surface area contributed by atoms with E-state index >= 15 is 0 Å². The lowest BCUT2D eigenvalue weighted by Crippen LogP contribution is -2.30. The molecule has 0 heterocycles. The predicted octanol–water partition coefficient (Wildman–Crippen LogP) is 5.66. The minimum Gasteiger partial charge on any atom is -0.490 e. The van der Waals surface area contributed by atoms with Crippen LogP contribution in [0.3, 0.4) is 0 Å². The number of aliphatic hydroxyl groups excluding tert-OH is 1. The molecule has 55 heavy (non-hydrogen) atoms. The Morgan fingerprint density at radius 3 is 1.60 bits per heavy atom. The van der Waals surface area contributed by atoms with Crippen molar-refractivity contribution in [2.24, 2.45) is 0 Å². The molecule has 0 aromatic heterocycles. The largest absolute Gasteiger partial charge is 0.490 e. The monoisotopic (exact) mass is 758 g/mol. The molecule has 0 fully saturated rings. The highest BCUT2D eigenvalue weighted by molar-refractivity contribution is 5.94. The summed E-state index contributed by atoms with van der Waals surface area (Å²) in [6.07, 6.45) is 0. The van der Waals surface area contributed by atoms with Crippen LogP contribution in [-0.2, 0) is 40.4 Å². The van der Waals surface area contributed by atoms with Crippen LogP contribution in [-0.4, -0.2) is 114 Å².